The first kappa shape index (κ1) is 25.7. The van der Waals surface area contributed by atoms with Gasteiger partial charge in [0, 0.05) is 33.2 Å². The molecule has 2 N–H and O–H groups in total. The lowest BCUT2D eigenvalue weighted by Crippen LogP contribution is -2.44. The number of ketones is 1. The number of aromatic nitrogens is 4. The average molecular weight is 472 g/mol. The molecule has 180 valence electrons. The van der Waals surface area contributed by atoms with Crippen LogP contribution in [0.3, 0.4) is 0 Å². The van der Waals surface area contributed by atoms with Crippen molar-refractivity contribution in [2.24, 2.45) is 7.05 Å². The smallest absolute Gasteiger partial charge is 0.475 e. The van der Waals surface area contributed by atoms with Crippen molar-refractivity contribution in [2.75, 3.05) is 31.1 Å². The molecule has 0 radical (unpaired) electrons. The highest BCUT2D eigenvalue weighted by atomic mass is 19.4. The molecule has 11 nitrogen and oxygen atoms in total. The van der Waals surface area contributed by atoms with E-state index in [1.54, 1.807) is 18.5 Å². The number of carboxylic acid groups (broad SMARTS) is 1. The molecule has 3 rings (SSSR count). The summed E-state index contributed by atoms with van der Waals surface area (Å²) in [7, 11) is 1.56. The van der Waals surface area contributed by atoms with Crippen molar-refractivity contribution in [1.82, 2.24) is 24.0 Å². The molecule has 33 heavy (non-hydrogen) atoms. The number of carbonyl (C=O) groups excluding carboxylic acids is 1. The second kappa shape index (κ2) is 10.3. The fraction of sp³-hybridized carbons (Fsp3) is 0.526. The van der Waals surface area contributed by atoms with Crippen LogP contribution in [-0.2, 0) is 29.7 Å². The number of nitrogens with zero attached hydrogens (tertiary/aromatic N) is 5. The van der Waals surface area contributed by atoms with Gasteiger partial charge >= 0.3 is 17.8 Å². The van der Waals surface area contributed by atoms with E-state index in [2.05, 4.69) is 27.0 Å². The zero-order valence-electron chi connectivity index (χ0n) is 18.2. The van der Waals surface area contributed by atoms with Gasteiger partial charge < -0.3 is 15.3 Å². The number of aryl methyl sites for hydroxylation is 1. The number of hydrogen-bond acceptors (Lipinski definition) is 7. The van der Waals surface area contributed by atoms with Crippen LogP contribution in [-0.4, -0.2) is 67.9 Å². The summed E-state index contributed by atoms with van der Waals surface area (Å²) in [4.78, 5) is 52.6. The molecule has 0 unspecified atom stereocenters. The van der Waals surface area contributed by atoms with Gasteiger partial charge in [0.05, 0.1) is 13.1 Å². The van der Waals surface area contributed by atoms with Crippen molar-refractivity contribution in [1.29, 1.82) is 0 Å². The Labute approximate surface area is 185 Å². The fourth-order valence-electron chi connectivity index (χ4n) is 3.14. The number of halogens is 3. The van der Waals surface area contributed by atoms with Crippen molar-refractivity contribution < 1.29 is 27.9 Å². The Bertz CT molecular complexity index is 1230. The molecule has 2 aromatic heterocycles. The third-order valence-corrected chi connectivity index (χ3v) is 4.65. The summed E-state index contributed by atoms with van der Waals surface area (Å²) in [5, 5.41) is 10.4. The van der Waals surface area contributed by atoms with E-state index in [9.17, 15) is 27.6 Å². The van der Waals surface area contributed by atoms with Crippen molar-refractivity contribution in [3.05, 3.63) is 20.8 Å². The summed E-state index contributed by atoms with van der Waals surface area (Å²) >= 11 is 0. The lowest BCUT2D eigenvalue weighted by Gasteiger charge is -2.28. The van der Waals surface area contributed by atoms with E-state index >= 15 is 0 Å². The van der Waals surface area contributed by atoms with Crippen molar-refractivity contribution in [3.63, 3.8) is 0 Å². The molecule has 0 spiro atoms. The number of piperazine rings is 1. The van der Waals surface area contributed by atoms with Crippen LogP contribution < -0.4 is 21.5 Å². The number of nitrogens with one attached hydrogen (secondary N) is 1. The molecule has 14 heteroatoms. The van der Waals surface area contributed by atoms with Gasteiger partial charge in [-0.1, -0.05) is 5.92 Å². The number of carbonyl (C=O) groups is 2. The number of rotatable bonds is 4. The third-order valence-electron chi connectivity index (χ3n) is 4.65. The van der Waals surface area contributed by atoms with Gasteiger partial charge in [0.25, 0.3) is 5.56 Å². The monoisotopic (exact) mass is 472 g/mol. The second-order valence-electron chi connectivity index (χ2n) is 7.07. The highest BCUT2D eigenvalue weighted by Gasteiger charge is 2.38. The highest BCUT2D eigenvalue weighted by Crippen LogP contribution is 2.20. The van der Waals surface area contributed by atoms with E-state index in [0.29, 0.717) is 23.7 Å². The Morgan fingerprint density at radius 1 is 1.18 bits per heavy atom. The Kier molecular flexibility index (Phi) is 8.04. The number of carboxylic acids is 1. The molecular weight excluding hydrogens is 449 g/mol. The molecule has 1 fully saturated rings. The molecule has 1 aliphatic rings. The molecular formula is C19H23F3N6O5. The van der Waals surface area contributed by atoms with Crippen LogP contribution in [0.25, 0.3) is 11.2 Å². The van der Waals surface area contributed by atoms with E-state index < -0.39 is 23.4 Å². The van der Waals surface area contributed by atoms with Crippen molar-refractivity contribution >= 4 is 28.9 Å². The van der Waals surface area contributed by atoms with Gasteiger partial charge in [0.2, 0.25) is 5.95 Å². The van der Waals surface area contributed by atoms with Gasteiger partial charge in [0.1, 0.15) is 5.78 Å². The van der Waals surface area contributed by atoms with E-state index in [-0.39, 0.29) is 12.3 Å². The Morgan fingerprint density at radius 3 is 2.24 bits per heavy atom. The number of imidazole rings is 1. The van der Waals surface area contributed by atoms with Crippen LogP contribution in [0.1, 0.15) is 13.8 Å². The normalized spacial score (nSPS) is 13.7. The Balaban J connectivity index is 0.000000479. The maximum Gasteiger partial charge on any atom is 0.490 e. The van der Waals surface area contributed by atoms with Gasteiger partial charge in [-0.25, -0.2) is 9.59 Å². The molecule has 0 amide bonds. The number of fused-ring (bicyclic) bond motifs is 1. The van der Waals surface area contributed by atoms with Crippen LogP contribution in [0, 0.1) is 11.8 Å². The summed E-state index contributed by atoms with van der Waals surface area (Å²) < 4.78 is 35.8. The molecule has 0 atom stereocenters. The van der Waals surface area contributed by atoms with Crippen molar-refractivity contribution in [2.45, 2.75) is 33.1 Å². The largest absolute Gasteiger partial charge is 0.490 e. The minimum absolute atomic E-state index is 0.255. The number of alkyl halides is 3. The number of anilines is 1. The fourth-order valence-corrected chi connectivity index (χ4v) is 3.14. The third kappa shape index (κ3) is 5.80. The van der Waals surface area contributed by atoms with Gasteiger partial charge in [-0.3, -0.25) is 23.3 Å². The van der Waals surface area contributed by atoms with Crippen LogP contribution in [0.5, 0.6) is 0 Å². The Hall–Kier alpha value is -3.60. The summed E-state index contributed by atoms with van der Waals surface area (Å²) in [6.45, 7) is 6.24. The lowest BCUT2D eigenvalue weighted by molar-refractivity contribution is -0.192. The summed E-state index contributed by atoms with van der Waals surface area (Å²) in [6, 6.07) is 0. The number of Topliss-reactive ketones (excluding diaryl/α,β-unsaturated/α-hetero) is 1. The maximum atomic E-state index is 13.0. The summed E-state index contributed by atoms with van der Waals surface area (Å²) in [6.07, 6.45) is -5.08. The lowest BCUT2D eigenvalue weighted by atomic mass is 10.4. The van der Waals surface area contributed by atoms with Gasteiger partial charge in [-0.15, -0.1) is 5.92 Å². The maximum absolute atomic E-state index is 13.0. The molecule has 0 saturated carbocycles. The standard InChI is InChI=1S/C17H22N6O3.C2HF3O2/c1-4-5-8-22-13-14(19-16(22)21-9-6-18-7-10-21)20(3)17(26)23(15(13)25)11-12(2)24;3-2(4,5)1(6)7/h18H,6-11H2,1-3H3;(H,6,7). The summed E-state index contributed by atoms with van der Waals surface area (Å²) in [5.74, 6) is 3.41. The minimum Gasteiger partial charge on any atom is -0.475 e. The zero-order valence-corrected chi connectivity index (χ0v) is 18.2. The van der Waals surface area contributed by atoms with E-state index in [1.807, 2.05) is 0 Å². The predicted octanol–water partition coefficient (Wildman–Crippen LogP) is -0.448. The molecule has 1 aliphatic heterocycles. The zero-order chi connectivity index (χ0) is 24.9. The molecule has 0 aliphatic carbocycles. The second-order valence-corrected chi connectivity index (χ2v) is 7.07. The quantitative estimate of drug-likeness (QED) is 0.573. The first-order chi connectivity index (χ1) is 15.4. The van der Waals surface area contributed by atoms with Gasteiger partial charge in [-0.05, 0) is 13.8 Å². The summed E-state index contributed by atoms with van der Waals surface area (Å²) in [5.41, 5.74) is -0.447. The van der Waals surface area contributed by atoms with Gasteiger partial charge in [-0.2, -0.15) is 18.2 Å². The first-order valence-electron chi connectivity index (χ1n) is 9.75. The molecule has 0 aromatic carbocycles. The first-order valence-corrected chi connectivity index (χ1v) is 9.75. The van der Waals surface area contributed by atoms with Crippen molar-refractivity contribution in [3.8, 4) is 11.8 Å². The average Bonchev–Trinajstić information content (AvgIpc) is 3.13. The molecule has 1 saturated heterocycles. The topological polar surface area (TPSA) is 131 Å². The number of aliphatic carboxylic acids is 1. The molecule has 2 aromatic rings. The van der Waals surface area contributed by atoms with E-state index in [4.69, 9.17) is 9.90 Å². The van der Waals surface area contributed by atoms with E-state index in [0.717, 1.165) is 30.7 Å². The van der Waals surface area contributed by atoms with Crippen LogP contribution in [0.4, 0.5) is 19.1 Å². The predicted molar refractivity (Wildman–Crippen MR) is 112 cm³/mol. The molecule has 0 bridgehead atoms. The highest BCUT2D eigenvalue weighted by molar-refractivity contribution is 5.77. The molecule has 3 heterocycles. The number of hydrogen-bond donors (Lipinski definition) is 2. The van der Waals surface area contributed by atoms with E-state index in [1.165, 1.54) is 11.5 Å². The van der Waals surface area contributed by atoms with Crippen LogP contribution in [0.15, 0.2) is 9.59 Å². The Morgan fingerprint density at radius 2 is 1.76 bits per heavy atom. The minimum atomic E-state index is -5.08. The van der Waals surface area contributed by atoms with Crippen LogP contribution in [0.2, 0.25) is 0 Å². The van der Waals surface area contributed by atoms with Crippen LogP contribution >= 0.6 is 0 Å². The van der Waals surface area contributed by atoms with Gasteiger partial charge in [0.15, 0.2) is 11.2 Å². The SMILES string of the molecule is CC#CCn1c(N2CCNCC2)nc2c1c(=O)n(CC(C)=O)c(=O)n2C.O=C(O)C(F)(F)F.